The molecule has 1 aromatic carbocycles. The number of nitrogens with one attached hydrogen (secondary N) is 1. The lowest BCUT2D eigenvalue weighted by Crippen LogP contribution is -2.38. The molecule has 0 saturated carbocycles. The lowest BCUT2D eigenvalue weighted by molar-refractivity contribution is -0.147. The summed E-state index contributed by atoms with van der Waals surface area (Å²) in [5.74, 6) is -2.22. The zero-order valence-electron chi connectivity index (χ0n) is 19.9. The van der Waals surface area contributed by atoms with Crippen LogP contribution in [0, 0.1) is 11.8 Å². The fourth-order valence-corrected chi connectivity index (χ4v) is 4.19. The molecule has 1 aromatic heterocycles. The molecule has 1 amide bonds. The predicted molar refractivity (Wildman–Crippen MR) is 129 cm³/mol. The molecule has 4 atom stereocenters. The number of hydrogen-bond donors (Lipinski definition) is 4. The van der Waals surface area contributed by atoms with Crippen LogP contribution in [0.3, 0.4) is 0 Å². The fraction of sp³-hybridized carbons (Fsp3) is 0.500. The van der Waals surface area contributed by atoms with Gasteiger partial charge in [0.2, 0.25) is 0 Å². The van der Waals surface area contributed by atoms with Gasteiger partial charge in [-0.25, -0.2) is 4.98 Å². The molecule has 0 spiro atoms. The third kappa shape index (κ3) is 8.42. The molecule has 34 heavy (non-hydrogen) atoms. The van der Waals surface area contributed by atoms with Crippen LogP contribution in [0.5, 0.6) is 5.75 Å². The van der Waals surface area contributed by atoms with Crippen LogP contribution >= 0.6 is 11.3 Å². The van der Waals surface area contributed by atoms with Gasteiger partial charge in [0.1, 0.15) is 16.5 Å². The molecule has 2 rings (SSSR count). The number of ether oxygens (including phenoxy) is 1. The number of carboxylic acid groups (broad SMARTS) is 1. The fourth-order valence-electron chi connectivity index (χ4n) is 3.36. The Morgan fingerprint density at radius 1 is 1.15 bits per heavy atom. The van der Waals surface area contributed by atoms with Crippen molar-refractivity contribution in [2.45, 2.75) is 65.1 Å². The summed E-state index contributed by atoms with van der Waals surface area (Å²) in [6.07, 6.45) is 0.338. The summed E-state index contributed by atoms with van der Waals surface area (Å²) in [5.41, 5.74) is 7.16. The Balaban J connectivity index is 2.17. The van der Waals surface area contributed by atoms with Crippen LogP contribution in [0.1, 0.15) is 67.7 Å². The zero-order chi connectivity index (χ0) is 25.4. The van der Waals surface area contributed by atoms with Crippen LogP contribution in [-0.2, 0) is 20.7 Å². The standard InChI is InChI=1S/C24H33N3O6S/c1-13(2)19(25)11-21(33-15(4)28)23-27-20(12-34-23)22(30)26-17(9-14(3)24(31)32)10-16-5-7-18(29)8-6-16/h5-8,12-14,17,19,21,29H,9-11,25H2,1-4H3,(H,26,30)(H,31,32). The molecule has 0 radical (unpaired) electrons. The van der Waals surface area contributed by atoms with Gasteiger partial charge in [0.25, 0.3) is 5.91 Å². The summed E-state index contributed by atoms with van der Waals surface area (Å²) in [6, 6.07) is 5.85. The highest BCUT2D eigenvalue weighted by Crippen LogP contribution is 2.28. The highest BCUT2D eigenvalue weighted by atomic mass is 32.1. The number of rotatable bonds is 12. The van der Waals surface area contributed by atoms with E-state index in [0.717, 1.165) is 5.56 Å². The molecule has 0 aliphatic carbocycles. The molecular weight excluding hydrogens is 458 g/mol. The van der Waals surface area contributed by atoms with E-state index in [9.17, 15) is 24.6 Å². The number of amides is 1. The third-order valence-corrected chi connectivity index (χ3v) is 6.43. The highest BCUT2D eigenvalue weighted by molar-refractivity contribution is 7.09. The summed E-state index contributed by atoms with van der Waals surface area (Å²) in [6.45, 7) is 6.85. The van der Waals surface area contributed by atoms with Crippen molar-refractivity contribution < 1.29 is 29.3 Å². The minimum Gasteiger partial charge on any atom is -0.508 e. The number of aromatic hydroxyl groups is 1. The molecule has 9 nitrogen and oxygen atoms in total. The number of nitrogens with zero attached hydrogens (tertiary/aromatic N) is 1. The predicted octanol–water partition coefficient (Wildman–Crippen LogP) is 3.28. The number of carboxylic acids is 1. The van der Waals surface area contributed by atoms with Crippen molar-refractivity contribution in [2.75, 3.05) is 0 Å². The van der Waals surface area contributed by atoms with Crippen molar-refractivity contribution >= 4 is 29.2 Å². The van der Waals surface area contributed by atoms with Crippen molar-refractivity contribution in [2.24, 2.45) is 17.6 Å². The molecule has 5 N–H and O–H groups in total. The molecule has 186 valence electrons. The van der Waals surface area contributed by atoms with Gasteiger partial charge in [-0.05, 0) is 36.5 Å². The van der Waals surface area contributed by atoms with Crippen molar-refractivity contribution in [1.29, 1.82) is 0 Å². The Bertz CT molecular complexity index is 975. The number of esters is 1. The Hall–Kier alpha value is -2.98. The van der Waals surface area contributed by atoms with Gasteiger partial charge >= 0.3 is 11.9 Å². The van der Waals surface area contributed by atoms with Gasteiger partial charge in [-0.3, -0.25) is 14.4 Å². The van der Waals surface area contributed by atoms with Crippen molar-refractivity contribution in [3.05, 3.63) is 45.9 Å². The van der Waals surface area contributed by atoms with E-state index in [1.165, 1.54) is 18.3 Å². The number of aliphatic carboxylic acids is 1. The van der Waals surface area contributed by atoms with E-state index in [1.807, 2.05) is 13.8 Å². The Morgan fingerprint density at radius 2 is 1.79 bits per heavy atom. The summed E-state index contributed by atoms with van der Waals surface area (Å²) >= 11 is 1.21. The number of hydrogen-bond acceptors (Lipinski definition) is 8. The lowest BCUT2D eigenvalue weighted by atomic mass is 9.96. The van der Waals surface area contributed by atoms with Crippen LogP contribution in [0.25, 0.3) is 0 Å². The lowest BCUT2D eigenvalue weighted by Gasteiger charge is -2.22. The minimum atomic E-state index is -0.952. The first-order valence-corrected chi connectivity index (χ1v) is 12.0. The van der Waals surface area contributed by atoms with Crippen molar-refractivity contribution in [3.63, 3.8) is 0 Å². The van der Waals surface area contributed by atoms with Crippen molar-refractivity contribution in [1.82, 2.24) is 10.3 Å². The largest absolute Gasteiger partial charge is 0.508 e. The minimum absolute atomic E-state index is 0.123. The summed E-state index contributed by atoms with van der Waals surface area (Å²) in [7, 11) is 0. The molecule has 1 heterocycles. The highest BCUT2D eigenvalue weighted by Gasteiger charge is 2.26. The second-order valence-corrected chi connectivity index (χ2v) is 9.72. The van der Waals surface area contributed by atoms with Gasteiger partial charge in [-0.15, -0.1) is 11.3 Å². The number of aromatic nitrogens is 1. The zero-order valence-corrected chi connectivity index (χ0v) is 20.7. The maximum absolute atomic E-state index is 13.0. The van der Waals surface area contributed by atoms with Crippen LogP contribution < -0.4 is 11.1 Å². The van der Waals surface area contributed by atoms with E-state index >= 15 is 0 Å². The summed E-state index contributed by atoms with van der Waals surface area (Å²) in [4.78, 5) is 40.3. The first-order valence-electron chi connectivity index (χ1n) is 11.2. The maximum atomic E-state index is 13.0. The second-order valence-electron chi connectivity index (χ2n) is 8.83. The number of benzene rings is 1. The Labute approximate surface area is 203 Å². The van der Waals surface area contributed by atoms with Gasteiger partial charge in [-0.2, -0.15) is 0 Å². The number of thiazole rings is 1. The van der Waals surface area contributed by atoms with Gasteiger partial charge in [-0.1, -0.05) is 32.9 Å². The summed E-state index contributed by atoms with van der Waals surface area (Å²) in [5, 5.41) is 23.8. The van der Waals surface area contributed by atoms with E-state index in [-0.39, 0.29) is 29.8 Å². The van der Waals surface area contributed by atoms with E-state index < -0.39 is 35.9 Å². The normalized spacial score (nSPS) is 14.8. The van der Waals surface area contributed by atoms with E-state index in [1.54, 1.807) is 36.6 Å². The van der Waals surface area contributed by atoms with E-state index in [4.69, 9.17) is 10.5 Å². The molecule has 4 unspecified atom stereocenters. The van der Waals surface area contributed by atoms with E-state index in [0.29, 0.717) is 17.8 Å². The Kier molecular flexibility index (Phi) is 10.0. The molecule has 0 aliphatic heterocycles. The topological polar surface area (TPSA) is 152 Å². The first-order chi connectivity index (χ1) is 16.0. The average Bonchev–Trinajstić information content (AvgIpc) is 3.24. The molecular formula is C24H33N3O6S. The molecule has 0 fully saturated rings. The number of carbonyl (C=O) groups is 3. The first kappa shape index (κ1) is 27.3. The molecule has 10 heteroatoms. The van der Waals surface area contributed by atoms with Gasteiger partial charge < -0.3 is 26.0 Å². The van der Waals surface area contributed by atoms with Crippen molar-refractivity contribution in [3.8, 4) is 5.75 Å². The summed E-state index contributed by atoms with van der Waals surface area (Å²) < 4.78 is 5.41. The van der Waals surface area contributed by atoms with Gasteiger partial charge in [0, 0.05) is 30.8 Å². The molecule has 2 aromatic rings. The smallest absolute Gasteiger partial charge is 0.306 e. The van der Waals surface area contributed by atoms with Crippen LogP contribution in [-0.4, -0.2) is 45.1 Å². The monoisotopic (exact) mass is 491 g/mol. The SMILES string of the molecule is CC(=O)OC(CC(N)C(C)C)c1nc(C(=O)NC(Cc2ccc(O)cc2)CC(C)C(=O)O)cs1. The van der Waals surface area contributed by atoms with E-state index in [2.05, 4.69) is 10.3 Å². The molecule has 0 aliphatic rings. The Morgan fingerprint density at radius 3 is 2.35 bits per heavy atom. The number of phenolic OH excluding ortho intramolecular Hbond substituents is 1. The van der Waals surface area contributed by atoms with Gasteiger partial charge in [0.15, 0.2) is 6.10 Å². The van der Waals surface area contributed by atoms with Crippen LogP contribution in [0.15, 0.2) is 29.6 Å². The third-order valence-electron chi connectivity index (χ3n) is 5.49. The quantitative estimate of drug-likeness (QED) is 0.330. The average molecular weight is 492 g/mol. The number of carbonyl (C=O) groups excluding carboxylic acids is 2. The van der Waals surface area contributed by atoms with Crippen LogP contribution in [0.2, 0.25) is 0 Å². The second kappa shape index (κ2) is 12.5. The maximum Gasteiger partial charge on any atom is 0.306 e. The van der Waals surface area contributed by atoms with Gasteiger partial charge in [0.05, 0.1) is 5.92 Å². The number of nitrogens with two attached hydrogens (primary N) is 1. The molecule has 0 saturated heterocycles. The molecule has 0 bridgehead atoms. The number of phenols is 1. The van der Waals surface area contributed by atoms with Crippen LogP contribution in [0.4, 0.5) is 0 Å².